The highest BCUT2D eigenvalue weighted by molar-refractivity contribution is 5.95. The lowest BCUT2D eigenvalue weighted by Gasteiger charge is -2.11. The number of carboxylic acids is 1. The van der Waals surface area contributed by atoms with Crippen LogP contribution >= 0.6 is 0 Å². The minimum absolute atomic E-state index is 0.0192. The fourth-order valence-corrected chi connectivity index (χ4v) is 2.08. The molecule has 3 rings (SSSR count). The van der Waals surface area contributed by atoms with Crippen LogP contribution in [0.5, 0.6) is 23.0 Å². The van der Waals surface area contributed by atoms with E-state index in [9.17, 15) is 4.79 Å². The van der Waals surface area contributed by atoms with Crippen LogP contribution in [0.4, 0.5) is 5.69 Å². The summed E-state index contributed by atoms with van der Waals surface area (Å²) in [5.74, 6) is 1.09. The maximum Gasteiger partial charge on any atom is 0.337 e. The van der Waals surface area contributed by atoms with Crippen molar-refractivity contribution in [3.8, 4) is 23.0 Å². The predicted molar refractivity (Wildman–Crippen MR) is 75.2 cm³/mol. The van der Waals surface area contributed by atoms with Gasteiger partial charge in [0.25, 0.3) is 0 Å². The Balaban J connectivity index is 1.93. The summed E-state index contributed by atoms with van der Waals surface area (Å²) in [6, 6.07) is 8.23. The molecule has 0 radical (unpaired) electrons. The largest absolute Gasteiger partial charge is 0.478 e. The lowest BCUT2D eigenvalue weighted by atomic mass is 10.1. The van der Waals surface area contributed by atoms with Crippen LogP contribution in [0, 0.1) is 6.92 Å². The van der Waals surface area contributed by atoms with Crippen LogP contribution < -0.4 is 19.9 Å². The SMILES string of the molecule is Cc1cc(Oc2ccc3c(c2)OCO3)cc(C(=O)O)c1N. The second kappa shape index (κ2) is 4.90. The Morgan fingerprint density at radius 2 is 1.95 bits per heavy atom. The van der Waals surface area contributed by atoms with Crippen LogP contribution in [0.1, 0.15) is 15.9 Å². The molecule has 1 aliphatic rings. The number of fused-ring (bicyclic) bond motifs is 1. The highest BCUT2D eigenvalue weighted by Gasteiger charge is 2.16. The molecule has 2 aromatic rings. The molecule has 1 aliphatic heterocycles. The third-order valence-electron chi connectivity index (χ3n) is 3.17. The van der Waals surface area contributed by atoms with E-state index >= 15 is 0 Å². The number of aromatic carboxylic acids is 1. The smallest absolute Gasteiger partial charge is 0.337 e. The van der Waals surface area contributed by atoms with Gasteiger partial charge in [0, 0.05) is 11.8 Å². The third-order valence-corrected chi connectivity index (χ3v) is 3.17. The number of ether oxygens (including phenoxy) is 3. The van der Waals surface area contributed by atoms with E-state index in [0.717, 1.165) is 0 Å². The number of carbonyl (C=O) groups is 1. The molecule has 0 saturated heterocycles. The summed E-state index contributed by atoms with van der Waals surface area (Å²) in [7, 11) is 0. The van der Waals surface area contributed by atoms with Crippen molar-refractivity contribution in [2.24, 2.45) is 0 Å². The number of nitrogens with two attached hydrogens (primary N) is 1. The van der Waals surface area contributed by atoms with Crippen LogP contribution in [0.2, 0.25) is 0 Å². The Hall–Kier alpha value is -2.89. The second-order valence-corrected chi connectivity index (χ2v) is 4.62. The molecule has 0 aliphatic carbocycles. The fourth-order valence-electron chi connectivity index (χ4n) is 2.08. The second-order valence-electron chi connectivity index (χ2n) is 4.62. The number of hydrogen-bond acceptors (Lipinski definition) is 5. The minimum atomic E-state index is -1.09. The molecular formula is C15H13NO5. The summed E-state index contributed by atoms with van der Waals surface area (Å²) in [6.07, 6.45) is 0. The normalized spacial score (nSPS) is 12.2. The van der Waals surface area contributed by atoms with Gasteiger partial charge in [0.05, 0.1) is 5.56 Å². The summed E-state index contributed by atoms with van der Waals surface area (Å²) in [6.45, 7) is 1.91. The van der Waals surface area contributed by atoms with E-state index in [1.807, 2.05) is 0 Å². The number of hydrogen-bond donors (Lipinski definition) is 2. The zero-order chi connectivity index (χ0) is 15.0. The maximum absolute atomic E-state index is 11.2. The van der Waals surface area contributed by atoms with Crippen LogP contribution in [-0.4, -0.2) is 17.9 Å². The Labute approximate surface area is 120 Å². The highest BCUT2D eigenvalue weighted by Crippen LogP contribution is 2.37. The summed E-state index contributed by atoms with van der Waals surface area (Å²) in [4.78, 5) is 11.2. The molecule has 0 bridgehead atoms. The van der Waals surface area contributed by atoms with Gasteiger partial charge in [-0.3, -0.25) is 0 Å². The molecular weight excluding hydrogens is 274 g/mol. The number of rotatable bonds is 3. The number of benzene rings is 2. The predicted octanol–water partition coefficient (Wildman–Crippen LogP) is 2.80. The summed E-state index contributed by atoms with van der Waals surface area (Å²) >= 11 is 0. The first-order valence-corrected chi connectivity index (χ1v) is 6.25. The zero-order valence-electron chi connectivity index (χ0n) is 11.3. The standard InChI is InChI=1S/C15H13NO5/c1-8-4-10(5-11(14(8)16)15(17)18)21-9-2-3-12-13(6-9)20-7-19-12/h2-6H,7,16H2,1H3,(H,17,18). The van der Waals surface area contributed by atoms with E-state index in [-0.39, 0.29) is 18.0 Å². The fraction of sp³-hybridized carbons (Fsp3) is 0.133. The number of anilines is 1. The van der Waals surface area contributed by atoms with E-state index in [1.54, 1.807) is 31.2 Å². The van der Waals surface area contributed by atoms with Crippen molar-refractivity contribution in [1.82, 2.24) is 0 Å². The molecule has 21 heavy (non-hydrogen) atoms. The molecule has 0 saturated carbocycles. The van der Waals surface area contributed by atoms with Gasteiger partial charge in [-0.1, -0.05) is 0 Å². The average molecular weight is 287 g/mol. The van der Waals surface area contributed by atoms with Crippen LogP contribution in [0.3, 0.4) is 0 Å². The Morgan fingerprint density at radius 1 is 1.19 bits per heavy atom. The van der Waals surface area contributed by atoms with Gasteiger partial charge in [-0.05, 0) is 36.8 Å². The lowest BCUT2D eigenvalue weighted by Crippen LogP contribution is -2.04. The first-order chi connectivity index (χ1) is 10.0. The summed E-state index contributed by atoms with van der Waals surface area (Å²) in [5.41, 5.74) is 6.65. The molecule has 0 spiro atoms. The van der Waals surface area contributed by atoms with Crippen molar-refractivity contribution >= 4 is 11.7 Å². The molecule has 1 heterocycles. The van der Waals surface area contributed by atoms with Crippen LogP contribution in [0.25, 0.3) is 0 Å². The molecule has 0 fully saturated rings. The Bertz CT molecular complexity index is 726. The van der Waals surface area contributed by atoms with Gasteiger partial charge in [-0.15, -0.1) is 0 Å². The van der Waals surface area contributed by atoms with Crippen LogP contribution in [0.15, 0.2) is 30.3 Å². The Kier molecular flexibility index (Phi) is 3.06. The van der Waals surface area contributed by atoms with Gasteiger partial charge in [-0.2, -0.15) is 0 Å². The van der Waals surface area contributed by atoms with Crippen molar-refractivity contribution in [3.63, 3.8) is 0 Å². The lowest BCUT2D eigenvalue weighted by molar-refractivity contribution is 0.0697. The van der Waals surface area contributed by atoms with Crippen molar-refractivity contribution < 1.29 is 24.1 Å². The number of nitrogen functional groups attached to an aromatic ring is 1. The van der Waals surface area contributed by atoms with Gasteiger partial charge in [-0.25, -0.2) is 4.79 Å². The first-order valence-electron chi connectivity index (χ1n) is 6.25. The minimum Gasteiger partial charge on any atom is -0.478 e. The number of aryl methyl sites for hydroxylation is 1. The molecule has 0 aromatic heterocycles. The van der Waals surface area contributed by atoms with Crippen molar-refractivity contribution in [2.75, 3.05) is 12.5 Å². The average Bonchev–Trinajstić information content (AvgIpc) is 2.89. The van der Waals surface area contributed by atoms with E-state index < -0.39 is 5.97 Å². The number of carboxylic acid groups (broad SMARTS) is 1. The molecule has 3 N–H and O–H groups in total. The first kappa shape index (κ1) is 13.1. The third kappa shape index (κ3) is 2.43. The van der Waals surface area contributed by atoms with Crippen molar-refractivity contribution in [2.45, 2.75) is 6.92 Å². The van der Waals surface area contributed by atoms with Gasteiger partial charge in [0.1, 0.15) is 11.5 Å². The van der Waals surface area contributed by atoms with Gasteiger partial charge >= 0.3 is 5.97 Å². The quantitative estimate of drug-likeness (QED) is 0.843. The molecule has 0 atom stereocenters. The zero-order valence-corrected chi connectivity index (χ0v) is 11.3. The van der Waals surface area contributed by atoms with E-state index in [0.29, 0.717) is 28.6 Å². The van der Waals surface area contributed by atoms with Gasteiger partial charge < -0.3 is 25.1 Å². The monoisotopic (exact) mass is 287 g/mol. The molecule has 2 aromatic carbocycles. The van der Waals surface area contributed by atoms with E-state index in [2.05, 4.69) is 0 Å². The van der Waals surface area contributed by atoms with Gasteiger partial charge in [0.2, 0.25) is 6.79 Å². The van der Waals surface area contributed by atoms with Crippen LogP contribution in [-0.2, 0) is 0 Å². The van der Waals surface area contributed by atoms with Crippen molar-refractivity contribution in [3.05, 3.63) is 41.5 Å². The van der Waals surface area contributed by atoms with E-state index in [1.165, 1.54) is 6.07 Å². The van der Waals surface area contributed by atoms with Gasteiger partial charge in [0.15, 0.2) is 11.5 Å². The maximum atomic E-state index is 11.2. The summed E-state index contributed by atoms with van der Waals surface area (Å²) < 4.78 is 16.2. The Morgan fingerprint density at radius 3 is 2.71 bits per heavy atom. The topological polar surface area (TPSA) is 91.0 Å². The molecule has 108 valence electrons. The molecule has 6 nitrogen and oxygen atoms in total. The molecule has 0 unspecified atom stereocenters. The summed E-state index contributed by atoms with van der Waals surface area (Å²) in [5, 5.41) is 9.14. The highest BCUT2D eigenvalue weighted by atomic mass is 16.7. The van der Waals surface area contributed by atoms with Crippen molar-refractivity contribution in [1.29, 1.82) is 0 Å². The molecule has 6 heteroatoms. The van der Waals surface area contributed by atoms with E-state index in [4.69, 9.17) is 25.1 Å². The molecule has 0 amide bonds.